The SMILES string of the molecule is COCCN(CC1CCCN(Cc2cccc(F)c2)C1)S(=O)(=O)c1ccc2ccccc2c1. The van der Waals surface area contributed by atoms with Gasteiger partial charge < -0.3 is 4.74 Å². The molecule has 1 atom stereocenters. The number of ether oxygens (including phenoxy) is 1. The monoisotopic (exact) mass is 470 g/mol. The predicted molar refractivity (Wildman–Crippen MR) is 129 cm³/mol. The van der Waals surface area contributed by atoms with E-state index in [4.69, 9.17) is 4.74 Å². The molecule has 0 aromatic heterocycles. The molecule has 0 saturated carbocycles. The molecule has 1 saturated heterocycles. The van der Waals surface area contributed by atoms with Crippen molar-refractivity contribution < 1.29 is 17.5 Å². The van der Waals surface area contributed by atoms with Crippen LogP contribution in [0.3, 0.4) is 0 Å². The van der Waals surface area contributed by atoms with Crippen LogP contribution in [0.15, 0.2) is 71.6 Å². The summed E-state index contributed by atoms with van der Waals surface area (Å²) in [5.41, 5.74) is 0.940. The number of nitrogens with zero attached hydrogens (tertiary/aromatic N) is 2. The summed E-state index contributed by atoms with van der Waals surface area (Å²) in [6.07, 6.45) is 1.96. The van der Waals surface area contributed by atoms with Gasteiger partial charge in [0.2, 0.25) is 10.0 Å². The summed E-state index contributed by atoms with van der Waals surface area (Å²) < 4.78 is 47.5. The lowest BCUT2D eigenvalue weighted by Gasteiger charge is -2.35. The Morgan fingerprint density at radius 2 is 1.88 bits per heavy atom. The Balaban J connectivity index is 1.50. The van der Waals surface area contributed by atoms with Crippen LogP contribution in [0.2, 0.25) is 0 Å². The predicted octanol–water partition coefficient (Wildman–Crippen LogP) is 4.53. The van der Waals surface area contributed by atoms with Crippen LogP contribution in [0.1, 0.15) is 18.4 Å². The summed E-state index contributed by atoms with van der Waals surface area (Å²) in [6.45, 7) is 3.48. The van der Waals surface area contributed by atoms with Gasteiger partial charge in [-0.25, -0.2) is 12.8 Å². The maximum absolute atomic E-state index is 13.6. The van der Waals surface area contributed by atoms with Crippen molar-refractivity contribution in [3.63, 3.8) is 0 Å². The number of fused-ring (bicyclic) bond motifs is 1. The average molecular weight is 471 g/mol. The van der Waals surface area contributed by atoms with Gasteiger partial charge in [-0.15, -0.1) is 0 Å². The number of hydrogen-bond donors (Lipinski definition) is 0. The zero-order chi connectivity index (χ0) is 23.3. The van der Waals surface area contributed by atoms with E-state index in [1.54, 1.807) is 35.7 Å². The summed E-state index contributed by atoms with van der Waals surface area (Å²) in [5.74, 6) is -0.0207. The summed E-state index contributed by atoms with van der Waals surface area (Å²) in [4.78, 5) is 2.60. The lowest BCUT2D eigenvalue weighted by atomic mass is 9.97. The molecule has 1 aliphatic heterocycles. The Bertz CT molecular complexity index is 1180. The van der Waals surface area contributed by atoms with E-state index >= 15 is 0 Å². The molecule has 1 aliphatic rings. The smallest absolute Gasteiger partial charge is 0.243 e. The molecule has 0 spiro atoms. The normalized spacial score (nSPS) is 17.6. The van der Waals surface area contributed by atoms with Crippen LogP contribution in [0.25, 0.3) is 10.8 Å². The highest BCUT2D eigenvalue weighted by atomic mass is 32.2. The highest BCUT2D eigenvalue weighted by molar-refractivity contribution is 7.89. The van der Waals surface area contributed by atoms with Crippen LogP contribution < -0.4 is 0 Å². The number of likely N-dealkylation sites (tertiary alicyclic amines) is 1. The second-order valence-corrected chi connectivity index (χ2v) is 10.7. The largest absolute Gasteiger partial charge is 0.383 e. The van der Waals surface area contributed by atoms with Crippen molar-refractivity contribution in [2.45, 2.75) is 24.3 Å². The van der Waals surface area contributed by atoms with Crippen LogP contribution in [0.4, 0.5) is 4.39 Å². The lowest BCUT2D eigenvalue weighted by molar-refractivity contribution is 0.135. The molecule has 1 fully saturated rings. The highest BCUT2D eigenvalue weighted by Gasteiger charge is 2.29. The van der Waals surface area contributed by atoms with Gasteiger partial charge in [-0.05, 0) is 65.9 Å². The van der Waals surface area contributed by atoms with E-state index in [9.17, 15) is 12.8 Å². The Kier molecular flexibility index (Phi) is 7.75. The van der Waals surface area contributed by atoms with E-state index in [-0.39, 0.29) is 11.7 Å². The topological polar surface area (TPSA) is 49.9 Å². The van der Waals surface area contributed by atoms with Crippen molar-refractivity contribution in [2.75, 3.05) is 39.9 Å². The first kappa shape index (κ1) is 23.8. The number of piperidine rings is 1. The summed E-state index contributed by atoms with van der Waals surface area (Å²) in [5, 5.41) is 1.92. The van der Waals surface area contributed by atoms with Crippen molar-refractivity contribution in [3.8, 4) is 0 Å². The van der Waals surface area contributed by atoms with Crippen molar-refractivity contribution in [2.24, 2.45) is 5.92 Å². The van der Waals surface area contributed by atoms with Gasteiger partial charge in [0, 0.05) is 33.3 Å². The van der Waals surface area contributed by atoms with Gasteiger partial charge in [-0.3, -0.25) is 4.90 Å². The molecular formula is C26H31FN2O3S. The van der Waals surface area contributed by atoms with Crippen molar-refractivity contribution in [1.29, 1.82) is 0 Å². The molecule has 0 bridgehead atoms. The summed E-state index contributed by atoms with van der Waals surface area (Å²) >= 11 is 0. The standard InChI is InChI=1S/C26H31FN2O3S/c1-32-15-14-29(33(30,31)26-12-11-23-8-2-3-9-24(23)17-26)20-22-7-5-13-28(19-22)18-21-6-4-10-25(27)16-21/h2-4,6,8-12,16-17,22H,5,7,13-15,18-20H2,1H3. The second-order valence-electron chi connectivity index (χ2n) is 8.74. The number of halogens is 1. The molecule has 0 N–H and O–H groups in total. The Morgan fingerprint density at radius 3 is 2.67 bits per heavy atom. The molecule has 4 rings (SSSR count). The number of benzene rings is 3. The zero-order valence-corrected chi connectivity index (χ0v) is 19.8. The van der Waals surface area contributed by atoms with E-state index in [2.05, 4.69) is 4.90 Å². The van der Waals surface area contributed by atoms with Crippen LogP contribution in [0.5, 0.6) is 0 Å². The van der Waals surface area contributed by atoms with Crippen molar-refractivity contribution in [3.05, 3.63) is 78.1 Å². The average Bonchev–Trinajstić information content (AvgIpc) is 2.81. The molecule has 0 aliphatic carbocycles. The Hall–Kier alpha value is -2.32. The fraction of sp³-hybridized carbons (Fsp3) is 0.385. The summed E-state index contributed by atoms with van der Waals surface area (Å²) in [6, 6.07) is 19.7. The van der Waals surface area contributed by atoms with Gasteiger partial charge in [0.25, 0.3) is 0 Å². The number of hydrogen-bond acceptors (Lipinski definition) is 4. The Morgan fingerprint density at radius 1 is 1.06 bits per heavy atom. The fourth-order valence-corrected chi connectivity index (χ4v) is 6.14. The molecule has 3 aromatic carbocycles. The molecule has 176 valence electrons. The van der Waals surface area contributed by atoms with Crippen LogP contribution in [-0.2, 0) is 21.3 Å². The number of methoxy groups -OCH3 is 1. The molecule has 0 amide bonds. The molecule has 33 heavy (non-hydrogen) atoms. The van der Waals surface area contributed by atoms with Gasteiger partial charge in [-0.2, -0.15) is 4.31 Å². The fourth-order valence-electron chi connectivity index (χ4n) is 4.61. The lowest BCUT2D eigenvalue weighted by Crippen LogP contribution is -2.43. The molecule has 3 aromatic rings. The van der Waals surface area contributed by atoms with Crippen LogP contribution in [0, 0.1) is 11.7 Å². The molecule has 5 nitrogen and oxygen atoms in total. The molecule has 1 unspecified atom stereocenters. The highest BCUT2D eigenvalue weighted by Crippen LogP contribution is 2.25. The van der Waals surface area contributed by atoms with Gasteiger partial charge in [0.1, 0.15) is 5.82 Å². The van der Waals surface area contributed by atoms with E-state index in [0.29, 0.717) is 31.1 Å². The van der Waals surface area contributed by atoms with E-state index in [0.717, 1.165) is 42.3 Å². The first-order valence-electron chi connectivity index (χ1n) is 11.4. The van der Waals surface area contributed by atoms with Gasteiger partial charge in [0.15, 0.2) is 0 Å². The van der Waals surface area contributed by atoms with Crippen LogP contribution >= 0.6 is 0 Å². The second kappa shape index (κ2) is 10.7. The zero-order valence-electron chi connectivity index (χ0n) is 19.0. The van der Waals surface area contributed by atoms with Gasteiger partial charge in [-0.1, -0.05) is 42.5 Å². The van der Waals surface area contributed by atoms with Gasteiger partial charge >= 0.3 is 0 Å². The molecule has 1 heterocycles. The molecule has 7 heteroatoms. The van der Waals surface area contributed by atoms with Crippen molar-refractivity contribution >= 4 is 20.8 Å². The quantitative estimate of drug-likeness (QED) is 0.461. The third kappa shape index (κ3) is 5.98. The first-order chi connectivity index (χ1) is 16.0. The minimum absolute atomic E-state index is 0.208. The minimum Gasteiger partial charge on any atom is -0.383 e. The third-order valence-electron chi connectivity index (χ3n) is 6.26. The summed E-state index contributed by atoms with van der Waals surface area (Å²) in [7, 11) is -2.08. The Labute approximate surface area is 195 Å². The first-order valence-corrected chi connectivity index (χ1v) is 12.8. The number of rotatable bonds is 9. The maximum atomic E-state index is 13.6. The number of sulfonamides is 1. The van der Waals surface area contributed by atoms with Crippen LogP contribution in [-0.4, -0.2) is 57.5 Å². The maximum Gasteiger partial charge on any atom is 0.243 e. The van der Waals surface area contributed by atoms with E-state index in [1.807, 2.05) is 36.4 Å². The van der Waals surface area contributed by atoms with E-state index in [1.165, 1.54) is 6.07 Å². The van der Waals surface area contributed by atoms with Crippen molar-refractivity contribution in [1.82, 2.24) is 9.21 Å². The van der Waals surface area contributed by atoms with Gasteiger partial charge in [0.05, 0.1) is 11.5 Å². The minimum atomic E-state index is -3.66. The van der Waals surface area contributed by atoms with E-state index < -0.39 is 10.0 Å². The molecular weight excluding hydrogens is 439 g/mol. The molecule has 0 radical (unpaired) electrons. The third-order valence-corrected chi connectivity index (χ3v) is 8.12.